The second-order valence-electron chi connectivity index (χ2n) is 4.39. The molecule has 2 aromatic rings. The molecule has 0 aliphatic rings. The van der Waals surface area contributed by atoms with Crippen LogP contribution in [0.1, 0.15) is 22.0 Å². The monoisotopic (exact) mass is 298 g/mol. The van der Waals surface area contributed by atoms with E-state index >= 15 is 0 Å². The average molecular weight is 298 g/mol. The molecule has 1 unspecified atom stereocenters. The molecule has 112 valence electrons. The zero-order valence-corrected chi connectivity index (χ0v) is 11.9. The maximum absolute atomic E-state index is 11.3. The van der Waals surface area contributed by atoms with Gasteiger partial charge < -0.3 is 14.6 Å². The molecule has 1 N–H and O–H groups in total. The number of ether oxygens (including phenoxy) is 2. The van der Waals surface area contributed by atoms with Crippen LogP contribution < -0.4 is 9.47 Å². The lowest BCUT2D eigenvalue weighted by Gasteiger charge is -2.17. The van der Waals surface area contributed by atoms with Crippen LogP contribution in [0.3, 0.4) is 0 Å². The third-order valence-electron chi connectivity index (χ3n) is 3.04. The Bertz CT molecular complexity index is 699. The third-order valence-corrected chi connectivity index (χ3v) is 3.04. The molecule has 2 rings (SSSR count). The summed E-state index contributed by atoms with van der Waals surface area (Å²) < 4.78 is 10.7. The summed E-state index contributed by atoms with van der Waals surface area (Å²) in [6.45, 7) is 0. The highest BCUT2D eigenvalue weighted by molar-refractivity contribution is 5.89. The van der Waals surface area contributed by atoms with Gasteiger partial charge in [-0.2, -0.15) is 0 Å². The molecule has 0 spiro atoms. The highest BCUT2D eigenvalue weighted by atomic mass is 16.5. The first-order valence-corrected chi connectivity index (χ1v) is 6.49. The van der Waals surface area contributed by atoms with Gasteiger partial charge in [0.05, 0.1) is 12.7 Å². The number of carboxylic acids is 1. The van der Waals surface area contributed by atoms with Crippen LogP contribution in [0.15, 0.2) is 54.6 Å². The lowest BCUT2D eigenvalue weighted by atomic mass is 10.0. The average Bonchev–Trinajstić information content (AvgIpc) is 2.55. The molecule has 0 heterocycles. The second kappa shape index (κ2) is 7.11. The van der Waals surface area contributed by atoms with Gasteiger partial charge in [-0.1, -0.05) is 18.2 Å². The molecule has 0 saturated heterocycles. The van der Waals surface area contributed by atoms with Crippen molar-refractivity contribution in [2.24, 2.45) is 0 Å². The number of methoxy groups -OCH3 is 1. The van der Waals surface area contributed by atoms with Gasteiger partial charge in [0.1, 0.15) is 17.4 Å². The van der Waals surface area contributed by atoms with Gasteiger partial charge >= 0.3 is 5.97 Å². The fourth-order valence-corrected chi connectivity index (χ4v) is 1.99. The van der Waals surface area contributed by atoms with E-state index in [0.717, 1.165) is 6.08 Å². The fourth-order valence-electron chi connectivity index (χ4n) is 1.99. The molecule has 0 saturated carbocycles. The van der Waals surface area contributed by atoms with Crippen molar-refractivity contribution in [1.82, 2.24) is 0 Å². The summed E-state index contributed by atoms with van der Waals surface area (Å²) in [5.41, 5.74) is 0.460. The number of hydrogen-bond acceptors (Lipinski definition) is 4. The maximum Gasteiger partial charge on any atom is 0.336 e. The summed E-state index contributed by atoms with van der Waals surface area (Å²) in [6.07, 6.45) is 0.310. The molecule has 0 aromatic heterocycles. The van der Waals surface area contributed by atoms with E-state index in [-0.39, 0.29) is 5.56 Å². The van der Waals surface area contributed by atoms with Crippen molar-refractivity contribution < 1.29 is 24.2 Å². The largest absolute Gasteiger partial charge is 0.497 e. The zero-order chi connectivity index (χ0) is 15.9. The van der Waals surface area contributed by atoms with Gasteiger partial charge in [-0.05, 0) is 30.3 Å². The number of carbonyl (C=O) groups is 1. The van der Waals surface area contributed by atoms with Gasteiger partial charge in [-0.15, -0.1) is 0 Å². The standard InChI is InChI=1S/C17H14O5/c1-21-12-6-8-13(9-7-12)22-16(10-11-18)14-4-2-3-5-15(14)17(19)20/h2-10,16H,1H3,(H,19,20). The Morgan fingerprint density at radius 3 is 2.36 bits per heavy atom. The van der Waals surface area contributed by atoms with Crippen molar-refractivity contribution in [3.05, 3.63) is 65.7 Å². The quantitative estimate of drug-likeness (QED) is 0.830. The van der Waals surface area contributed by atoms with Crippen molar-refractivity contribution >= 4 is 11.9 Å². The molecule has 0 radical (unpaired) electrons. The topological polar surface area (TPSA) is 72.8 Å². The lowest BCUT2D eigenvalue weighted by Crippen LogP contribution is -2.11. The first kappa shape index (κ1) is 15.4. The Morgan fingerprint density at radius 2 is 1.77 bits per heavy atom. The van der Waals surface area contributed by atoms with Crippen molar-refractivity contribution in [3.8, 4) is 11.5 Å². The molecular formula is C17H14O5. The first-order chi connectivity index (χ1) is 10.7. The molecule has 0 aliphatic carbocycles. The van der Waals surface area contributed by atoms with Gasteiger partial charge in [-0.3, -0.25) is 0 Å². The van der Waals surface area contributed by atoms with Crippen LogP contribution in [-0.4, -0.2) is 24.1 Å². The molecule has 5 heteroatoms. The van der Waals surface area contributed by atoms with Crippen molar-refractivity contribution in [3.63, 3.8) is 0 Å². The summed E-state index contributed by atoms with van der Waals surface area (Å²) in [6, 6.07) is 13.1. The van der Waals surface area contributed by atoms with E-state index in [1.54, 1.807) is 55.5 Å². The Kier molecular flexibility index (Phi) is 4.96. The molecule has 2 aromatic carbocycles. The maximum atomic E-state index is 11.3. The number of aromatic carboxylic acids is 1. The number of benzene rings is 2. The Labute approximate surface area is 127 Å². The molecule has 22 heavy (non-hydrogen) atoms. The highest BCUT2D eigenvalue weighted by Crippen LogP contribution is 2.26. The van der Waals surface area contributed by atoms with Gasteiger partial charge in [0.25, 0.3) is 0 Å². The van der Waals surface area contributed by atoms with Crippen LogP contribution in [0, 0.1) is 0 Å². The smallest absolute Gasteiger partial charge is 0.336 e. The molecule has 0 bridgehead atoms. The van der Waals surface area contributed by atoms with Crippen molar-refractivity contribution in [2.75, 3.05) is 7.11 Å². The van der Waals surface area contributed by atoms with E-state index in [4.69, 9.17) is 9.47 Å². The highest BCUT2D eigenvalue weighted by Gasteiger charge is 2.18. The van der Waals surface area contributed by atoms with Crippen LogP contribution in [-0.2, 0) is 4.79 Å². The lowest BCUT2D eigenvalue weighted by molar-refractivity contribution is 0.0692. The van der Waals surface area contributed by atoms with Gasteiger partial charge in [0.15, 0.2) is 6.10 Å². The van der Waals surface area contributed by atoms with Crippen LogP contribution >= 0.6 is 0 Å². The fraction of sp³-hybridized carbons (Fsp3) is 0.118. The van der Waals surface area contributed by atoms with E-state index in [1.807, 2.05) is 0 Å². The SMILES string of the molecule is COc1ccc(OC(C=C=O)c2ccccc2C(=O)O)cc1. The molecule has 1 atom stereocenters. The van der Waals surface area contributed by atoms with Crippen LogP contribution in [0.2, 0.25) is 0 Å². The predicted octanol–water partition coefficient (Wildman–Crippen LogP) is 2.90. The molecular weight excluding hydrogens is 284 g/mol. The summed E-state index contributed by atoms with van der Waals surface area (Å²) >= 11 is 0. The summed E-state index contributed by atoms with van der Waals surface area (Å²) in [4.78, 5) is 22.0. The van der Waals surface area contributed by atoms with E-state index in [2.05, 4.69) is 0 Å². The van der Waals surface area contributed by atoms with Gasteiger partial charge in [-0.25, -0.2) is 9.59 Å². The molecule has 0 aliphatic heterocycles. The Morgan fingerprint density at radius 1 is 1.14 bits per heavy atom. The number of rotatable bonds is 6. The zero-order valence-electron chi connectivity index (χ0n) is 11.9. The summed E-state index contributed by atoms with van der Waals surface area (Å²) in [7, 11) is 1.55. The predicted molar refractivity (Wildman–Crippen MR) is 80.0 cm³/mol. The van der Waals surface area contributed by atoms with Crippen LogP contribution in [0.25, 0.3) is 0 Å². The Hall–Kier alpha value is -3.04. The number of carbonyl (C=O) groups excluding carboxylic acids is 1. The van der Waals surface area contributed by atoms with Crippen molar-refractivity contribution in [1.29, 1.82) is 0 Å². The molecule has 5 nitrogen and oxygen atoms in total. The summed E-state index contributed by atoms with van der Waals surface area (Å²) in [5, 5.41) is 9.23. The third kappa shape index (κ3) is 3.53. The van der Waals surface area contributed by atoms with E-state index in [0.29, 0.717) is 17.1 Å². The summed E-state index contributed by atoms with van der Waals surface area (Å²) in [5.74, 6) is 1.72. The molecule has 0 fully saturated rings. The number of carboxylic acid groups (broad SMARTS) is 1. The van der Waals surface area contributed by atoms with Crippen molar-refractivity contribution in [2.45, 2.75) is 6.10 Å². The second-order valence-corrected chi connectivity index (χ2v) is 4.39. The van der Waals surface area contributed by atoms with E-state index in [1.165, 1.54) is 6.07 Å². The van der Waals surface area contributed by atoms with Gasteiger partial charge in [0.2, 0.25) is 0 Å². The normalized spacial score (nSPS) is 11.1. The minimum Gasteiger partial charge on any atom is -0.497 e. The van der Waals surface area contributed by atoms with E-state index in [9.17, 15) is 14.7 Å². The molecule has 0 amide bonds. The Balaban J connectivity index is 2.34. The number of hydrogen-bond donors (Lipinski definition) is 1. The van der Waals surface area contributed by atoms with Crippen LogP contribution in [0.4, 0.5) is 0 Å². The first-order valence-electron chi connectivity index (χ1n) is 6.49. The van der Waals surface area contributed by atoms with E-state index < -0.39 is 12.1 Å². The minimum absolute atomic E-state index is 0.0764. The van der Waals surface area contributed by atoms with Crippen LogP contribution in [0.5, 0.6) is 11.5 Å². The van der Waals surface area contributed by atoms with Gasteiger partial charge in [0, 0.05) is 11.6 Å². The minimum atomic E-state index is -1.08.